The molecular formula is C32H35F3N6O2. The highest BCUT2D eigenvalue weighted by atomic mass is 19.4. The number of rotatable bonds is 13. The van der Waals surface area contributed by atoms with Crippen LogP contribution in [-0.4, -0.2) is 50.2 Å². The number of alkyl halides is 3. The van der Waals surface area contributed by atoms with Gasteiger partial charge in [-0.2, -0.15) is 18.2 Å². The van der Waals surface area contributed by atoms with Crippen molar-refractivity contribution >= 4 is 28.9 Å². The zero-order chi connectivity index (χ0) is 30.0. The molecule has 226 valence electrons. The summed E-state index contributed by atoms with van der Waals surface area (Å²) in [6.45, 7) is 2.29. The number of aromatic nitrogens is 4. The van der Waals surface area contributed by atoms with Gasteiger partial charge >= 0.3 is 12.1 Å². The standard InChI is InChI=1S/C32H35F3N6O2/c33-32(34,35)25-13-11-24(12-14-25)20-41-26-27(36-17-15-21-7-4-8-21)37-29(30(42)43)38-28(26)39-31(41)40(19-23-9-10-23)18-16-22-5-2-1-3-6-22/h1-3,5-6,11-14,21,23H,4,7-10,15-20H2,(H,42,43)(H,36,37,38). The van der Waals surface area contributed by atoms with Gasteiger partial charge < -0.3 is 19.9 Å². The monoisotopic (exact) mass is 592 g/mol. The second-order valence-corrected chi connectivity index (χ2v) is 11.7. The van der Waals surface area contributed by atoms with Gasteiger partial charge in [0.05, 0.1) is 12.1 Å². The average Bonchev–Trinajstić information content (AvgIpc) is 3.72. The molecule has 2 fully saturated rings. The van der Waals surface area contributed by atoms with Gasteiger partial charge in [0.25, 0.3) is 0 Å². The number of carboxylic acids is 1. The summed E-state index contributed by atoms with van der Waals surface area (Å²) >= 11 is 0. The number of carboxylic acid groups (broad SMARTS) is 1. The second kappa shape index (κ2) is 12.2. The highest BCUT2D eigenvalue weighted by Crippen LogP contribution is 2.35. The molecule has 2 heterocycles. The van der Waals surface area contributed by atoms with E-state index in [9.17, 15) is 23.1 Å². The van der Waals surface area contributed by atoms with Gasteiger partial charge in [-0.1, -0.05) is 61.7 Å². The SMILES string of the molecule is O=C(O)c1nc(NCCC2CCC2)c2c(n1)nc(N(CCc1ccccc1)CC1CC1)n2Cc1ccc(C(F)(F)F)cc1. The zero-order valence-electron chi connectivity index (χ0n) is 23.9. The third-order valence-corrected chi connectivity index (χ3v) is 8.44. The molecule has 43 heavy (non-hydrogen) atoms. The van der Waals surface area contributed by atoms with Crippen molar-refractivity contribution in [2.24, 2.45) is 11.8 Å². The molecule has 2 N–H and O–H groups in total. The van der Waals surface area contributed by atoms with E-state index < -0.39 is 17.7 Å². The minimum Gasteiger partial charge on any atom is -0.475 e. The number of nitrogens with one attached hydrogen (secondary N) is 1. The number of halogens is 3. The minimum absolute atomic E-state index is 0.226. The van der Waals surface area contributed by atoms with E-state index in [2.05, 4.69) is 32.3 Å². The van der Waals surface area contributed by atoms with Crippen LogP contribution in [-0.2, 0) is 19.1 Å². The highest BCUT2D eigenvalue weighted by Gasteiger charge is 2.31. The zero-order valence-corrected chi connectivity index (χ0v) is 23.9. The van der Waals surface area contributed by atoms with E-state index in [0.717, 1.165) is 44.4 Å². The van der Waals surface area contributed by atoms with Crippen molar-refractivity contribution < 1.29 is 23.1 Å². The second-order valence-electron chi connectivity index (χ2n) is 11.7. The first kappa shape index (κ1) is 28.9. The lowest BCUT2D eigenvalue weighted by Crippen LogP contribution is -2.31. The van der Waals surface area contributed by atoms with Gasteiger partial charge in [0, 0.05) is 19.6 Å². The summed E-state index contributed by atoms with van der Waals surface area (Å²) in [6.07, 6.45) is 3.14. The van der Waals surface area contributed by atoms with E-state index >= 15 is 0 Å². The molecule has 0 saturated heterocycles. The van der Waals surface area contributed by atoms with Crippen molar-refractivity contribution in [2.75, 3.05) is 29.9 Å². The first-order valence-corrected chi connectivity index (χ1v) is 14.9. The van der Waals surface area contributed by atoms with Crippen LogP contribution in [0, 0.1) is 11.8 Å². The summed E-state index contributed by atoms with van der Waals surface area (Å²) < 4.78 is 41.8. The Hall–Kier alpha value is -4.15. The van der Waals surface area contributed by atoms with Gasteiger partial charge in [-0.15, -0.1) is 0 Å². The number of imidazole rings is 1. The van der Waals surface area contributed by atoms with Crippen LogP contribution < -0.4 is 10.2 Å². The third kappa shape index (κ3) is 6.92. The lowest BCUT2D eigenvalue weighted by Gasteiger charge is -2.26. The average molecular weight is 593 g/mol. The van der Waals surface area contributed by atoms with Crippen molar-refractivity contribution in [3.63, 3.8) is 0 Å². The van der Waals surface area contributed by atoms with Gasteiger partial charge in [0.15, 0.2) is 11.5 Å². The summed E-state index contributed by atoms with van der Waals surface area (Å²) in [5, 5.41) is 13.1. The molecule has 2 aliphatic rings. The first-order valence-electron chi connectivity index (χ1n) is 14.9. The molecule has 6 rings (SSSR count). The predicted molar refractivity (Wildman–Crippen MR) is 158 cm³/mol. The summed E-state index contributed by atoms with van der Waals surface area (Å²) in [4.78, 5) is 27.8. The molecule has 4 aromatic rings. The summed E-state index contributed by atoms with van der Waals surface area (Å²) in [5.41, 5.74) is 1.93. The van der Waals surface area contributed by atoms with E-state index in [-0.39, 0.29) is 18.0 Å². The molecule has 11 heteroatoms. The van der Waals surface area contributed by atoms with Crippen LogP contribution in [0.15, 0.2) is 54.6 Å². The fourth-order valence-corrected chi connectivity index (χ4v) is 5.59. The molecule has 8 nitrogen and oxygen atoms in total. The maximum Gasteiger partial charge on any atom is 0.416 e. The number of carbonyl (C=O) groups is 1. The van der Waals surface area contributed by atoms with E-state index in [1.165, 1.54) is 37.0 Å². The Morgan fingerprint density at radius 1 is 0.953 bits per heavy atom. The molecule has 0 unspecified atom stereocenters. The van der Waals surface area contributed by atoms with Crippen molar-refractivity contribution in [3.05, 3.63) is 77.1 Å². The van der Waals surface area contributed by atoms with Gasteiger partial charge in [-0.3, -0.25) is 0 Å². The lowest BCUT2D eigenvalue weighted by molar-refractivity contribution is -0.137. The Morgan fingerprint density at radius 3 is 2.33 bits per heavy atom. The maximum absolute atomic E-state index is 13.3. The largest absolute Gasteiger partial charge is 0.475 e. The fraction of sp³-hybridized carbons (Fsp3) is 0.438. The number of nitrogens with zero attached hydrogens (tertiary/aromatic N) is 5. The van der Waals surface area contributed by atoms with Crippen LogP contribution in [0.3, 0.4) is 0 Å². The number of benzene rings is 2. The third-order valence-electron chi connectivity index (χ3n) is 8.44. The highest BCUT2D eigenvalue weighted by molar-refractivity contribution is 5.91. The molecule has 0 spiro atoms. The summed E-state index contributed by atoms with van der Waals surface area (Å²) in [6, 6.07) is 15.3. The molecule has 0 aliphatic heterocycles. The molecule has 0 radical (unpaired) electrons. The minimum atomic E-state index is -4.43. The van der Waals surface area contributed by atoms with Gasteiger partial charge in [0.2, 0.25) is 11.8 Å². The van der Waals surface area contributed by atoms with Crippen LogP contribution in [0.2, 0.25) is 0 Å². The Labute approximate surface area is 248 Å². The van der Waals surface area contributed by atoms with Crippen LogP contribution in [0.5, 0.6) is 0 Å². The van der Waals surface area contributed by atoms with Crippen molar-refractivity contribution in [1.82, 2.24) is 19.5 Å². The molecule has 0 bridgehead atoms. The molecule has 2 saturated carbocycles. The maximum atomic E-state index is 13.3. The normalized spacial score (nSPS) is 15.4. The molecule has 0 amide bonds. The molecule has 0 atom stereocenters. The van der Waals surface area contributed by atoms with Gasteiger partial charge in [-0.05, 0) is 60.8 Å². The predicted octanol–water partition coefficient (Wildman–Crippen LogP) is 6.65. The number of anilines is 2. The Balaban J connectivity index is 1.42. The molecule has 2 aromatic heterocycles. The topological polar surface area (TPSA) is 96.2 Å². The Morgan fingerprint density at radius 2 is 1.70 bits per heavy atom. The van der Waals surface area contributed by atoms with E-state index in [1.54, 1.807) is 0 Å². The Bertz CT molecular complexity index is 1560. The van der Waals surface area contributed by atoms with Crippen LogP contribution in [0.4, 0.5) is 24.9 Å². The van der Waals surface area contributed by atoms with Crippen molar-refractivity contribution in [3.8, 4) is 0 Å². The number of fused-ring (bicyclic) bond motifs is 1. The molecule has 2 aromatic carbocycles. The quantitative estimate of drug-likeness (QED) is 0.179. The van der Waals surface area contributed by atoms with Crippen LogP contribution >= 0.6 is 0 Å². The molecule has 2 aliphatic carbocycles. The number of aromatic carboxylic acids is 1. The van der Waals surface area contributed by atoms with Crippen molar-refractivity contribution in [1.29, 1.82) is 0 Å². The van der Waals surface area contributed by atoms with Gasteiger partial charge in [-0.25, -0.2) is 14.8 Å². The summed E-state index contributed by atoms with van der Waals surface area (Å²) in [7, 11) is 0. The van der Waals surface area contributed by atoms with Crippen LogP contribution in [0.25, 0.3) is 11.2 Å². The van der Waals surface area contributed by atoms with Crippen LogP contribution in [0.1, 0.15) is 65.8 Å². The Kier molecular flexibility index (Phi) is 8.23. The lowest BCUT2D eigenvalue weighted by atomic mass is 9.83. The van der Waals surface area contributed by atoms with E-state index in [4.69, 9.17) is 4.98 Å². The summed E-state index contributed by atoms with van der Waals surface area (Å²) in [5.74, 6) is 0.557. The molecular weight excluding hydrogens is 557 g/mol. The van der Waals surface area contributed by atoms with E-state index in [1.807, 2.05) is 22.8 Å². The van der Waals surface area contributed by atoms with E-state index in [0.29, 0.717) is 47.8 Å². The number of hydrogen-bond acceptors (Lipinski definition) is 6. The smallest absolute Gasteiger partial charge is 0.416 e. The van der Waals surface area contributed by atoms with Gasteiger partial charge in [0.1, 0.15) is 5.52 Å². The van der Waals surface area contributed by atoms with Crippen molar-refractivity contribution in [2.45, 2.75) is 57.7 Å². The first-order chi connectivity index (χ1) is 20.7. The number of hydrogen-bond donors (Lipinski definition) is 2. The fourth-order valence-electron chi connectivity index (χ4n) is 5.59.